The summed E-state index contributed by atoms with van der Waals surface area (Å²) in [4.78, 5) is 39.6. The van der Waals surface area contributed by atoms with Crippen LogP contribution < -0.4 is 11.1 Å². The van der Waals surface area contributed by atoms with Gasteiger partial charge in [0, 0.05) is 26.3 Å². The SMILES string of the molecule is Cn1nccc1C(=O)N1CCC2(C1)Cn1c(nn(CC3CC3)c(=O)c1=O)CO2. The number of hydrogen-bond donors (Lipinski definition) is 0. The molecule has 2 aromatic rings. The quantitative estimate of drug-likeness (QED) is 0.650. The van der Waals surface area contributed by atoms with E-state index in [2.05, 4.69) is 10.2 Å². The fraction of sp³-hybridized carbons (Fsp3) is 0.611. The summed E-state index contributed by atoms with van der Waals surface area (Å²) >= 11 is 0. The van der Waals surface area contributed by atoms with E-state index in [1.807, 2.05) is 0 Å². The number of aryl methyl sites for hydroxylation is 1. The normalized spacial score (nSPS) is 24.0. The Morgan fingerprint density at radius 2 is 2.11 bits per heavy atom. The summed E-state index contributed by atoms with van der Waals surface area (Å²) in [6, 6.07) is 1.68. The van der Waals surface area contributed by atoms with Crippen molar-refractivity contribution in [3.05, 3.63) is 44.5 Å². The van der Waals surface area contributed by atoms with Gasteiger partial charge >= 0.3 is 11.1 Å². The number of amides is 1. The molecular weight excluding hydrogens is 364 g/mol. The largest absolute Gasteiger partial charge is 0.363 e. The van der Waals surface area contributed by atoms with E-state index in [1.165, 1.54) is 9.25 Å². The fourth-order valence-corrected chi connectivity index (χ4v) is 4.08. The van der Waals surface area contributed by atoms with Crippen LogP contribution in [0.4, 0.5) is 0 Å². The molecule has 148 valence electrons. The second-order valence-corrected chi connectivity index (χ2v) is 8.03. The molecular formula is C18H22N6O4. The molecule has 1 atom stereocenters. The molecule has 1 amide bonds. The first-order valence-corrected chi connectivity index (χ1v) is 9.58. The zero-order chi connectivity index (χ0) is 19.5. The van der Waals surface area contributed by atoms with Gasteiger partial charge in [0.1, 0.15) is 17.9 Å². The van der Waals surface area contributed by atoms with Crippen LogP contribution in [-0.4, -0.2) is 53.6 Å². The lowest BCUT2D eigenvalue weighted by Crippen LogP contribution is -2.53. The molecule has 1 saturated carbocycles. The van der Waals surface area contributed by atoms with Crippen molar-refractivity contribution in [2.45, 2.75) is 44.6 Å². The van der Waals surface area contributed by atoms with E-state index in [9.17, 15) is 14.4 Å². The molecule has 0 bridgehead atoms. The first-order chi connectivity index (χ1) is 13.5. The molecule has 2 fully saturated rings. The van der Waals surface area contributed by atoms with Crippen molar-refractivity contribution >= 4 is 5.91 Å². The van der Waals surface area contributed by atoms with Gasteiger partial charge < -0.3 is 9.64 Å². The van der Waals surface area contributed by atoms with Crippen LogP contribution in [0.15, 0.2) is 21.9 Å². The van der Waals surface area contributed by atoms with Crippen LogP contribution in [0.2, 0.25) is 0 Å². The second kappa shape index (κ2) is 6.13. The highest BCUT2D eigenvalue weighted by atomic mass is 16.5. The Kier molecular flexibility index (Phi) is 3.80. The molecule has 5 rings (SSSR count). The maximum absolute atomic E-state index is 12.8. The van der Waals surface area contributed by atoms with Crippen molar-refractivity contribution in [3.63, 3.8) is 0 Å². The van der Waals surface area contributed by atoms with E-state index in [0.717, 1.165) is 12.8 Å². The van der Waals surface area contributed by atoms with Gasteiger partial charge in [0.05, 0.1) is 13.1 Å². The van der Waals surface area contributed by atoms with Crippen LogP contribution in [-0.2, 0) is 31.5 Å². The number of fused-ring (bicyclic) bond motifs is 1. The number of likely N-dealkylation sites (tertiary alicyclic amines) is 1. The molecule has 3 aliphatic rings. The summed E-state index contributed by atoms with van der Waals surface area (Å²) < 4.78 is 10.4. The topological polar surface area (TPSA) is 104 Å². The van der Waals surface area contributed by atoms with Crippen LogP contribution >= 0.6 is 0 Å². The minimum Gasteiger partial charge on any atom is -0.363 e. The lowest BCUT2D eigenvalue weighted by molar-refractivity contribution is -0.0843. The van der Waals surface area contributed by atoms with Gasteiger partial charge in [-0.3, -0.25) is 23.6 Å². The number of nitrogens with zero attached hydrogens (tertiary/aromatic N) is 6. The molecule has 4 heterocycles. The number of aromatic nitrogens is 5. The van der Waals surface area contributed by atoms with Gasteiger partial charge in [-0.1, -0.05) is 0 Å². The molecule has 1 unspecified atom stereocenters. The minimum absolute atomic E-state index is 0.114. The van der Waals surface area contributed by atoms with Crippen LogP contribution in [0.25, 0.3) is 0 Å². The number of ether oxygens (including phenoxy) is 1. The molecule has 10 nitrogen and oxygen atoms in total. The number of carbonyl (C=O) groups excluding carboxylic acids is 1. The Bertz CT molecular complexity index is 1060. The third kappa shape index (κ3) is 2.79. The first kappa shape index (κ1) is 17.4. The molecule has 0 aromatic carbocycles. The molecule has 0 radical (unpaired) electrons. The zero-order valence-corrected chi connectivity index (χ0v) is 15.7. The Balaban J connectivity index is 1.39. The lowest BCUT2D eigenvalue weighted by atomic mass is 10.0. The molecule has 28 heavy (non-hydrogen) atoms. The second-order valence-electron chi connectivity index (χ2n) is 8.03. The molecule has 2 aromatic heterocycles. The van der Waals surface area contributed by atoms with Crippen molar-refractivity contribution in [1.29, 1.82) is 0 Å². The van der Waals surface area contributed by atoms with Crippen molar-refractivity contribution in [1.82, 2.24) is 29.0 Å². The number of rotatable bonds is 3. The molecule has 0 N–H and O–H groups in total. The summed E-state index contributed by atoms with van der Waals surface area (Å²) in [6.07, 6.45) is 4.34. The van der Waals surface area contributed by atoms with Gasteiger partial charge in [-0.25, -0.2) is 4.68 Å². The van der Waals surface area contributed by atoms with Gasteiger partial charge in [0.2, 0.25) is 0 Å². The molecule has 1 aliphatic carbocycles. The summed E-state index contributed by atoms with van der Waals surface area (Å²) in [5, 5.41) is 8.41. The van der Waals surface area contributed by atoms with Gasteiger partial charge in [0.15, 0.2) is 5.82 Å². The van der Waals surface area contributed by atoms with Gasteiger partial charge in [-0.15, -0.1) is 0 Å². The number of hydrogen-bond acceptors (Lipinski definition) is 6. The third-order valence-electron chi connectivity index (χ3n) is 5.94. The summed E-state index contributed by atoms with van der Waals surface area (Å²) in [6.45, 7) is 1.80. The average Bonchev–Trinajstić information content (AvgIpc) is 3.25. The number of carbonyl (C=O) groups is 1. The van der Waals surface area contributed by atoms with E-state index in [4.69, 9.17) is 4.74 Å². The minimum atomic E-state index is -0.665. The molecule has 1 saturated heterocycles. The average molecular weight is 386 g/mol. The van der Waals surface area contributed by atoms with Crippen LogP contribution in [0.1, 0.15) is 35.6 Å². The fourth-order valence-electron chi connectivity index (χ4n) is 4.08. The van der Waals surface area contributed by atoms with E-state index in [0.29, 0.717) is 43.5 Å². The Hall–Kier alpha value is -2.75. The van der Waals surface area contributed by atoms with Crippen molar-refractivity contribution < 1.29 is 9.53 Å². The van der Waals surface area contributed by atoms with Crippen LogP contribution in [0.5, 0.6) is 0 Å². The Labute approximate surface area is 160 Å². The smallest absolute Gasteiger partial charge is 0.332 e. The van der Waals surface area contributed by atoms with E-state index in [1.54, 1.807) is 28.9 Å². The van der Waals surface area contributed by atoms with E-state index < -0.39 is 16.7 Å². The Morgan fingerprint density at radius 3 is 2.82 bits per heavy atom. The summed E-state index contributed by atoms with van der Waals surface area (Å²) in [5.74, 6) is 0.814. The van der Waals surface area contributed by atoms with Gasteiger partial charge in [-0.05, 0) is 31.2 Å². The first-order valence-electron chi connectivity index (χ1n) is 9.58. The molecule has 10 heteroatoms. The standard InChI is InChI=1S/C18H22N6O4/c1-21-13(4-6-19-21)15(25)22-7-5-18(10-22)11-23-14(9-28-18)20-24(8-12-2-3-12)17(27)16(23)26/h4,6,12H,2-3,5,7-11H2,1H3. The zero-order valence-electron chi connectivity index (χ0n) is 15.7. The van der Waals surface area contributed by atoms with Crippen LogP contribution in [0.3, 0.4) is 0 Å². The highest BCUT2D eigenvalue weighted by Gasteiger charge is 2.45. The lowest BCUT2D eigenvalue weighted by Gasteiger charge is -2.35. The molecule has 2 aliphatic heterocycles. The van der Waals surface area contributed by atoms with Crippen molar-refractivity contribution in [2.24, 2.45) is 13.0 Å². The van der Waals surface area contributed by atoms with Crippen molar-refractivity contribution in [2.75, 3.05) is 13.1 Å². The predicted octanol–water partition coefficient (Wildman–Crippen LogP) is -0.636. The summed E-state index contributed by atoms with van der Waals surface area (Å²) in [5.41, 5.74) is -1.28. The highest BCUT2D eigenvalue weighted by Crippen LogP contribution is 2.32. The van der Waals surface area contributed by atoms with E-state index >= 15 is 0 Å². The third-order valence-corrected chi connectivity index (χ3v) is 5.94. The highest BCUT2D eigenvalue weighted by molar-refractivity contribution is 5.92. The maximum atomic E-state index is 12.8. The van der Waals surface area contributed by atoms with E-state index in [-0.39, 0.29) is 19.1 Å². The predicted molar refractivity (Wildman–Crippen MR) is 96.7 cm³/mol. The monoisotopic (exact) mass is 386 g/mol. The van der Waals surface area contributed by atoms with Crippen molar-refractivity contribution in [3.8, 4) is 0 Å². The van der Waals surface area contributed by atoms with Gasteiger partial charge in [-0.2, -0.15) is 10.2 Å². The molecule has 1 spiro atoms. The summed E-state index contributed by atoms with van der Waals surface area (Å²) in [7, 11) is 1.73. The maximum Gasteiger partial charge on any atom is 0.332 e. The van der Waals surface area contributed by atoms with Crippen LogP contribution in [0, 0.1) is 5.92 Å². The Morgan fingerprint density at radius 1 is 1.29 bits per heavy atom. The van der Waals surface area contributed by atoms with Gasteiger partial charge in [0.25, 0.3) is 5.91 Å².